The monoisotopic (exact) mass is 442 g/mol. The van der Waals surface area contributed by atoms with Crippen molar-refractivity contribution in [3.63, 3.8) is 0 Å². The molecule has 0 saturated carbocycles. The lowest BCUT2D eigenvalue weighted by Crippen LogP contribution is -1.86. The van der Waals surface area contributed by atoms with E-state index in [0.717, 1.165) is 42.0 Å². The second kappa shape index (κ2) is 6.11. The molecular formula is C20H12Br2O2. The first-order valence-electron chi connectivity index (χ1n) is 7.38. The van der Waals surface area contributed by atoms with Crippen molar-refractivity contribution in [1.82, 2.24) is 0 Å². The molecule has 24 heavy (non-hydrogen) atoms. The molecule has 0 saturated heterocycles. The smallest absolute Gasteiger partial charge is 0.129 e. The molecule has 4 aromatic carbocycles. The van der Waals surface area contributed by atoms with E-state index < -0.39 is 0 Å². The van der Waals surface area contributed by atoms with Gasteiger partial charge in [0.1, 0.15) is 17.2 Å². The molecule has 4 rings (SSSR count). The molecule has 4 aromatic rings. The van der Waals surface area contributed by atoms with Crippen LogP contribution in [0.15, 0.2) is 75.7 Å². The van der Waals surface area contributed by atoms with Gasteiger partial charge in [-0.05, 0) is 70.1 Å². The highest BCUT2D eigenvalue weighted by Crippen LogP contribution is 2.35. The second-order valence-electron chi connectivity index (χ2n) is 5.54. The zero-order chi connectivity index (χ0) is 16.7. The van der Waals surface area contributed by atoms with Gasteiger partial charge in [0, 0.05) is 8.95 Å². The summed E-state index contributed by atoms with van der Waals surface area (Å²) in [5.41, 5.74) is 0. The van der Waals surface area contributed by atoms with Crippen molar-refractivity contribution >= 4 is 53.4 Å². The van der Waals surface area contributed by atoms with Gasteiger partial charge in [0.05, 0.1) is 0 Å². The summed E-state index contributed by atoms with van der Waals surface area (Å²) in [7, 11) is 0. The zero-order valence-electron chi connectivity index (χ0n) is 12.5. The van der Waals surface area contributed by atoms with Crippen molar-refractivity contribution < 1.29 is 9.84 Å². The molecule has 0 aromatic heterocycles. The Morgan fingerprint density at radius 2 is 1.46 bits per heavy atom. The Morgan fingerprint density at radius 3 is 2.33 bits per heavy atom. The fraction of sp³-hybridized carbons (Fsp3) is 0. The molecule has 0 fully saturated rings. The van der Waals surface area contributed by atoms with Crippen LogP contribution in [0.25, 0.3) is 21.5 Å². The molecule has 0 spiro atoms. The Morgan fingerprint density at radius 1 is 0.667 bits per heavy atom. The molecule has 0 radical (unpaired) electrons. The van der Waals surface area contributed by atoms with Gasteiger partial charge in [-0.1, -0.05) is 50.1 Å². The van der Waals surface area contributed by atoms with Crippen molar-refractivity contribution in [2.24, 2.45) is 0 Å². The summed E-state index contributed by atoms with van der Waals surface area (Å²) in [5, 5.41) is 13.8. The summed E-state index contributed by atoms with van der Waals surface area (Å²) in [6, 6.07) is 21.3. The van der Waals surface area contributed by atoms with Crippen LogP contribution >= 0.6 is 31.9 Å². The average Bonchev–Trinajstić information content (AvgIpc) is 2.56. The molecule has 0 amide bonds. The summed E-state index contributed by atoms with van der Waals surface area (Å²) in [4.78, 5) is 0. The quantitative estimate of drug-likeness (QED) is 0.360. The standard InChI is InChI=1S/C20H12Br2O2/c21-19-3-1-2-12-8-15(6-7-17(12)19)24-16-9-13-4-5-14(23)10-18(13)20(22)11-16/h1-11,23H. The zero-order valence-corrected chi connectivity index (χ0v) is 15.6. The number of aromatic hydroxyl groups is 1. The first-order valence-corrected chi connectivity index (χ1v) is 8.97. The van der Waals surface area contributed by atoms with E-state index in [-0.39, 0.29) is 5.75 Å². The molecule has 0 bridgehead atoms. The van der Waals surface area contributed by atoms with Gasteiger partial charge < -0.3 is 9.84 Å². The summed E-state index contributed by atoms with van der Waals surface area (Å²) < 4.78 is 7.99. The molecule has 4 heteroatoms. The predicted molar refractivity (Wildman–Crippen MR) is 105 cm³/mol. The molecule has 0 aliphatic rings. The van der Waals surface area contributed by atoms with Gasteiger partial charge in [-0.25, -0.2) is 0 Å². The van der Waals surface area contributed by atoms with Crippen molar-refractivity contribution in [3.05, 3.63) is 75.7 Å². The van der Waals surface area contributed by atoms with E-state index in [0.29, 0.717) is 0 Å². The third-order valence-electron chi connectivity index (χ3n) is 3.90. The molecule has 0 unspecified atom stereocenters. The summed E-state index contributed by atoms with van der Waals surface area (Å²) in [5.74, 6) is 1.78. The lowest BCUT2D eigenvalue weighted by Gasteiger charge is -2.10. The van der Waals surface area contributed by atoms with Crippen molar-refractivity contribution in [2.45, 2.75) is 0 Å². The normalized spacial score (nSPS) is 11.1. The molecule has 0 aliphatic heterocycles. The van der Waals surface area contributed by atoms with Crippen LogP contribution in [-0.2, 0) is 0 Å². The minimum atomic E-state index is 0.247. The van der Waals surface area contributed by atoms with Gasteiger partial charge in [0.25, 0.3) is 0 Å². The Labute approximate surface area is 155 Å². The lowest BCUT2D eigenvalue weighted by atomic mass is 10.1. The van der Waals surface area contributed by atoms with E-state index in [1.54, 1.807) is 12.1 Å². The number of hydrogen-bond acceptors (Lipinski definition) is 2. The fourth-order valence-electron chi connectivity index (χ4n) is 2.76. The number of fused-ring (bicyclic) bond motifs is 2. The summed E-state index contributed by atoms with van der Waals surface area (Å²) in [6.45, 7) is 0. The van der Waals surface area contributed by atoms with E-state index >= 15 is 0 Å². The maximum absolute atomic E-state index is 9.63. The molecule has 2 nitrogen and oxygen atoms in total. The van der Waals surface area contributed by atoms with Crippen LogP contribution in [0.2, 0.25) is 0 Å². The maximum Gasteiger partial charge on any atom is 0.129 e. The van der Waals surface area contributed by atoms with E-state index in [1.165, 1.54) is 0 Å². The number of ether oxygens (including phenoxy) is 1. The third-order valence-corrected chi connectivity index (χ3v) is 5.24. The number of hydrogen-bond donors (Lipinski definition) is 1. The van der Waals surface area contributed by atoms with Crippen molar-refractivity contribution in [3.8, 4) is 17.2 Å². The Hall–Kier alpha value is -2.04. The van der Waals surface area contributed by atoms with Crippen LogP contribution in [0, 0.1) is 0 Å². The third kappa shape index (κ3) is 2.87. The Kier molecular flexibility index (Phi) is 3.94. The van der Waals surface area contributed by atoms with E-state index in [1.807, 2.05) is 48.5 Å². The highest BCUT2D eigenvalue weighted by Gasteiger charge is 2.06. The van der Waals surface area contributed by atoms with E-state index in [2.05, 4.69) is 37.9 Å². The largest absolute Gasteiger partial charge is 0.508 e. The SMILES string of the molecule is Oc1ccc2cc(Oc3ccc4c(Br)cccc4c3)cc(Br)c2c1. The van der Waals surface area contributed by atoms with Crippen LogP contribution in [0.3, 0.4) is 0 Å². The molecule has 0 aliphatic carbocycles. The average molecular weight is 444 g/mol. The van der Waals surface area contributed by atoms with Gasteiger partial charge in [0.15, 0.2) is 0 Å². The highest BCUT2D eigenvalue weighted by molar-refractivity contribution is 9.11. The second-order valence-corrected chi connectivity index (χ2v) is 7.24. The minimum Gasteiger partial charge on any atom is -0.508 e. The van der Waals surface area contributed by atoms with Crippen LogP contribution in [-0.4, -0.2) is 5.11 Å². The summed E-state index contributed by atoms with van der Waals surface area (Å²) in [6.07, 6.45) is 0. The highest BCUT2D eigenvalue weighted by atomic mass is 79.9. The molecule has 0 atom stereocenters. The Balaban J connectivity index is 1.75. The minimum absolute atomic E-state index is 0.247. The number of phenolic OH excluding ortho intramolecular Hbond substituents is 1. The molecule has 1 N–H and O–H groups in total. The van der Waals surface area contributed by atoms with E-state index in [9.17, 15) is 5.11 Å². The van der Waals surface area contributed by atoms with Gasteiger partial charge in [-0.15, -0.1) is 0 Å². The van der Waals surface area contributed by atoms with Crippen LogP contribution < -0.4 is 4.74 Å². The lowest BCUT2D eigenvalue weighted by molar-refractivity contribution is 0.475. The first-order chi connectivity index (χ1) is 11.6. The number of rotatable bonds is 2. The Bertz CT molecular complexity index is 1070. The molecule has 118 valence electrons. The summed E-state index contributed by atoms with van der Waals surface area (Å²) >= 11 is 7.11. The topological polar surface area (TPSA) is 29.5 Å². The molecule has 0 heterocycles. The van der Waals surface area contributed by atoms with Gasteiger partial charge in [-0.3, -0.25) is 0 Å². The predicted octanol–water partition coefficient (Wildman–Crippen LogP) is 7.02. The van der Waals surface area contributed by atoms with Gasteiger partial charge in [0.2, 0.25) is 0 Å². The van der Waals surface area contributed by atoms with E-state index in [4.69, 9.17) is 4.74 Å². The van der Waals surface area contributed by atoms with Crippen LogP contribution in [0.1, 0.15) is 0 Å². The first kappa shape index (κ1) is 15.5. The van der Waals surface area contributed by atoms with Gasteiger partial charge >= 0.3 is 0 Å². The molecular weight excluding hydrogens is 432 g/mol. The number of halogens is 2. The van der Waals surface area contributed by atoms with Crippen molar-refractivity contribution in [2.75, 3.05) is 0 Å². The van der Waals surface area contributed by atoms with Crippen LogP contribution in [0.5, 0.6) is 17.2 Å². The maximum atomic E-state index is 9.63. The number of benzene rings is 4. The number of phenols is 1. The fourth-order valence-corrected chi connectivity index (χ4v) is 3.84. The van der Waals surface area contributed by atoms with Crippen LogP contribution in [0.4, 0.5) is 0 Å². The van der Waals surface area contributed by atoms with Crippen molar-refractivity contribution in [1.29, 1.82) is 0 Å². The van der Waals surface area contributed by atoms with Gasteiger partial charge in [-0.2, -0.15) is 0 Å².